The van der Waals surface area contributed by atoms with Crippen molar-refractivity contribution < 1.29 is 27.5 Å². The number of amides is 2. The highest BCUT2D eigenvalue weighted by atomic mass is 79.9. The van der Waals surface area contributed by atoms with Gasteiger partial charge in [0.2, 0.25) is 5.91 Å². The van der Waals surface area contributed by atoms with E-state index in [9.17, 15) is 22.8 Å². The van der Waals surface area contributed by atoms with Crippen molar-refractivity contribution in [3.63, 3.8) is 0 Å². The SMILES string of the molecule is O=C1CCC2(CN(C(=O)c3ccc(Br)cc3OC(F)(F)F)C2)N1. The number of nitrogens with one attached hydrogen (secondary N) is 1. The van der Waals surface area contributed by atoms with Gasteiger partial charge >= 0.3 is 6.36 Å². The summed E-state index contributed by atoms with van der Waals surface area (Å²) >= 11 is 3.06. The van der Waals surface area contributed by atoms with Crippen LogP contribution in [0.2, 0.25) is 0 Å². The van der Waals surface area contributed by atoms with Crippen LogP contribution < -0.4 is 10.1 Å². The molecule has 1 spiro atoms. The Morgan fingerprint density at radius 1 is 1.35 bits per heavy atom. The molecule has 124 valence electrons. The van der Waals surface area contributed by atoms with E-state index >= 15 is 0 Å². The lowest BCUT2D eigenvalue weighted by Crippen LogP contribution is -2.68. The molecule has 1 aromatic carbocycles. The van der Waals surface area contributed by atoms with Crippen LogP contribution in [0.4, 0.5) is 13.2 Å². The second-order valence-electron chi connectivity index (χ2n) is 5.68. The molecular formula is C14H12BrF3N2O3. The first-order chi connectivity index (χ1) is 10.7. The maximum absolute atomic E-state index is 12.5. The summed E-state index contributed by atoms with van der Waals surface area (Å²) in [5.41, 5.74) is -0.586. The first kappa shape index (κ1) is 16.1. The van der Waals surface area contributed by atoms with Gasteiger partial charge in [-0.05, 0) is 24.6 Å². The van der Waals surface area contributed by atoms with E-state index in [1.54, 1.807) is 0 Å². The summed E-state index contributed by atoms with van der Waals surface area (Å²) in [6.07, 6.45) is -3.85. The Balaban J connectivity index is 1.77. The van der Waals surface area contributed by atoms with Gasteiger partial charge < -0.3 is 15.0 Å². The minimum Gasteiger partial charge on any atom is -0.405 e. The molecule has 5 nitrogen and oxygen atoms in total. The first-order valence-corrected chi connectivity index (χ1v) is 7.62. The number of benzene rings is 1. The summed E-state index contributed by atoms with van der Waals surface area (Å²) < 4.78 is 41.8. The van der Waals surface area contributed by atoms with Gasteiger partial charge in [0.25, 0.3) is 5.91 Å². The van der Waals surface area contributed by atoms with E-state index in [0.717, 1.165) is 6.07 Å². The van der Waals surface area contributed by atoms with E-state index in [1.807, 2.05) is 0 Å². The molecule has 2 aliphatic heterocycles. The summed E-state index contributed by atoms with van der Waals surface area (Å²) in [5.74, 6) is -1.17. The Morgan fingerprint density at radius 2 is 2.04 bits per heavy atom. The molecule has 2 fully saturated rings. The van der Waals surface area contributed by atoms with Gasteiger partial charge in [0.05, 0.1) is 11.1 Å². The van der Waals surface area contributed by atoms with E-state index < -0.39 is 23.6 Å². The Kier molecular flexibility index (Phi) is 3.78. The number of hydrogen-bond acceptors (Lipinski definition) is 3. The van der Waals surface area contributed by atoms with E-state index in [-0.39, 0.29) is 11.5 Å². The predicted molar refractivity (Wildman–Crippen MR) is 76.8 cm³/mol. The molecule has 0 radical (unpaired) electrons. The Labute approximate surface area is 137 Å². The van der Waals surface area contributed by atoms with Crippen molar-refractivity contribution >= 4 is 27.7 Å². The van der Waals surface area contributed by atoms with Crippen molar-refractivity contribution in [1.29, 1.82) is 0 Å². The van der Waals surface area contributed by atoms with Gasteiger partial charge in [-0.15, -0.1) is 13.2 Å². The molecule has 0 atom stereocenters. The molecule has 1 aromatic rings. The van der Waals surface area contributed by atoms with Gasteiger partial charge in [-0.2, -0.15) is 0 Å². The highest BCUT2D eigenvalue weighted by Crippen LogP contribution is 2.35. The molecule has 9 heteroatoms. The Hall–Kier alpha value is -1.77. The summed E-state index contributed by atoms with van der Waals surface area (Å²) in [6.45, 7) is 0.582. The second-order valence-corrected chi connectivity index (χ2v) is 6.59. The van der Waals surface area contributed by atoms with Crippen molar-refractivity contribution in [1.82, 2.24) is 10.2 Å². The zero-order valence-electron chi connectivity index (χ0n) is 11.7. The lowest BCUT2D eigenvalue weighted by atomic mass is 9.87. The summed E-state index contributed by atoms with van der Waals surface area (Å²) in [7, 11) is 0. The molecular weight excluding hydrogens is 381 g/mol. The van der Waals surface area contributed by atoms with Crippen molar-refractivity contribution in [3.8, 4) is 5.75 Å². The third-order valence-corrected chi connectivity index (χ3v) is 4.40. The van der Waals surface area contributed by atoms with Crippen molar-refractivity contribution in [2.75, 3.05) is 13.1 Å². The fourth-order valence-corrected chi connectivity index (χ4v) is 3.23. The van der Waals surface area contributed by atoms with Crippen molar-refractivity contribution in [3.05, 3.63) is 28.2 Å². The fraction of sp³-hybridized carbons (Fsp3) is 0.429. The normalized spacial score (nSPS) is 19.5. The average molecular weight is 393 g/mol. The summed E-state index contributed by atoms with van der Waals surface area (Å²) in [4.78, 5) is 25.1. The van der Waals surface area contributed by atoms with Crippen LogP contribution in [-0.4, -0.2) is 41.7 Å². The monoisotopic (exact) mass is 392 g/mol. The maximum atomic E-state index is 12.5. The smallest absolute Gasteiger partial charge is 0.405 e. The van der Waals surface area contributed by atoms with Crippen LogP contribution in [0.1, 0.15) is 23.2 Å². The topological polar surface area (TPSA) is 58.6 Å². The number of rotatable bonds is 2. The quantitative estimate of drug-likeness (QED) is 0.840. The average Bonchev–Trinajstić information content (AvgIpc) is 2.77. The number of halogens is 4. The van der Waals surface area contributed by atoms with Crippen LogP contribution in [-0.2, 0) is 4.79 Å². The summed E-state index contributed by atoms with van der Waals surface area (Å²) in [5, 5.41) is 2.81. The van der Waals surface area contributed by atoms with E-state index in [0.29, 0.717) is 30.4 Å². The molecule has 0 aromatic heterocycles. The number of ether oxygens (including phenoxy) is 1. The minimum atomic E-state index is -4.88. The molecule has 23 heavy (non-hydrogen) atoms. The third-order valence-electron chi connectivity index (χ3n) is 3.91. The minimum absolute atomic E-state index is 0.0677. The van der Waals surface area contributed by atoms with Crippen LogP contribution >= 0.6 is 15.9 Å². The lowest BCUT2D eigenvalue weighted by molar-refractivity contribution is -0.274. The van der Waals surface area contributed by atoms with E-state index in [2.05, 4.69) is 26.0 Å². The van der Waals surface area contributed by atoms with Gasteiger partial charge in [-0.3, -0.25) is 9.59 Å². The molecule has 2 saturated heterocycles. The molecule has 1 N–H and O–H groups in total. The zero-order chi connectivity index (χ0) is 16.8. The van der Waals surface area contributed by atoms with Crippen LogP contribution in [0.5, 0.6) is 5.75 Å². The van der Waals surface area contributed by atoms with Crippen LogP contribution in [0.3, 0.4) is 0 Å². The summed E-state index contributed by atoms with van der Waals surface area (Å²) in [6, 6.07) is 3.86. The molecule has 0 saturated carbocycles. The number of carbonyl (C=O) groups excluding carboxylic acids is 2. The molecule has 2 amide bonds. The van der Waals surface area contributed by atoms with Gasteiger partial charge in [-0.25, -0.2) is 0 Å². The molecule has 2 aliphatic rings. The van der Waals surface area contributed by atoms with Gasteiger partial charge in [0.1, 0.15) is 5.75 Å². The fourth-order valence-electron chi connectivity index (χ4n) is 2.89. The molecule has 0 bridgehead atoms. The number of likely N-dealkylation sites (tertiary alicyclic amines) is 1. The Bertz CT molecular complexity index is 672. The largest absolute Gasteiger partial charge is 0.573 e. The van der Waals surface area contributed by atoms with E-state index in [1.165, 1.54) is 17.0 Å². The van der Waals surface area contributed by atoms with Crippen molar-refractivity contribution in [2.24, 2.45) is 0 Å². The first-order valence-electron chi connectivity index (χ1n) is 6.83. The lowest BCUT2D eigenvalue weighted by Gasteiger charge is -2.47. The molecule has 3 rings (SSSR count). The van der Waals surface area contributed by atoms with Gasteiger partial charge in [0, 0.05) is 24.0 Å². The highest BCUT2D eigenvalue weighted by Gasteiger charge is 2.49. The number of hydrogen-bond donors (Lipinski definition) is 1. The van der Waals surface area contributed by atoms with Crippen LogP contribution in [0, 0.1) is 0 Å². The van der Waals surface area contributed by atoms with Gasteiger partial charge in [0.15, 0.2) is 0 Å². The second kappa shape index (κ2) is 5.40. The van der Waals surface area contributed by atoms with E-state index in [4.69, 9.17) is 0 Å². The number of alkyl halides is 3. The number of nitrogens with zero attached hydrogens (tertiary/aromatic N) is 1. The molecule has 0 aliphatic carbocycles. The maximum Gasteiger partial charge on any atom is 0.573 e. The third kappa shape index (κ3) is 3.29. The van der Waals surface area contributed by atoms with Crippen molar-refractivity contribution in [2.45, 2.75) is 24.7 Å². The molecule has 0 unspecified atom stereocenters. The van der Waals surface area contributed by atoms with Crippen LogP contribution in [0.15, 0.2) is 22.7 Å². The predicted octanol–water partition coefficient (Wildman–Crippen LogP) is 2.45. The zero-order valence-corrected chi connectivity index (χ0v) is 13.3. The standard InChI is InChI=1S/C14H12BrF3N2O3/c15-8-1-2-9(10(5-8)23-14(16,17)18)12(22)20-6-13(7-20)4-3-11(21)19-13/h1-2,5H,3-4,6-7H2,(H,19,21). The molecule has 2 heterocycles. The number of carbonyl (C=O) groups is 2. The van der Waals surface area contributed by atoms with Crippen LogP contribution in [0.25, 0.3) is 0 Å². The van der Waals surface area contributed by atoms with Gasteiger partial charge in [-0.1, -0.05) is 15.9 Å². The highest BCUT2D eigenvalue weighted by molar-refractivity contribution is 9.10. The Morgan fingerprint density at radius 3 is 2.61 bits per heavy atom.